The van der Waals surface area contributed by atoms with Crippen molar-refractivity contribution in [1.29, 1.82) is 0 Å². The number of piperidine rings is 1. The molecule has 1 N–H and O–H groups in total. The number of hydrogen-bond acceptors (Lipinski definition) is 9. The molecule has 4 heterocycles. The predicted octanol–water partition coefficient (Wildman–Crippen LogP) is 2.98. The summed E-state index contributed by atoms with van der Waals surface area (Å²) in [5.74, 6) is 2.35. The summed E-state index contributed by atoms with van der Waals surface area (Å²) in [6, 6.07) is 9.07. The summed E-state index contributed by atoms with van der Waals surface area (Å²) in [6.07, 6.45) is 6.52. The summed E-state index contributed by atoms with van der Waals surface area (Å²) in [6.45, 7) is 8.64. The standard InChI is InChI=1S/C26H37N7O2/c1-30-11-13-32(14-12-30)20-5-9-31(10-6-20)21-3-4-22(23(15-21)34-2)29-24-16-25(28-19-27-24)33-17-26(7-8-26)18-35-33/h3-4,15-16,19-20H,5-14,17-18H2,1-2H3,(H,27,28,29). The van der Waals surface area contributed by atoms with Crippen molar-refractivity contribution in [2.45, 2.75) is 31.7 Å². The Hall–Kier alpha value is -2.62. The van der Waals surface area contributed by atoms with Crippen LogP contribution < -0.4 is 20.0 Å². The van der Waals surface area contributed by atoms with Crippen LogP contribution in [0.4, 0.5) is 23.0 Å². The van der Waals surface area contributed by atoms with Crippen LogP contribution in [-0.4, -0.2) is 92.4 Å². The molecule has 3 aliphatic heterocycles. The lowest BCUT2D eigenvalue weighted by molar-refractivity contribution is 0.0982. The normalized spacial score (nSPS) is 23.1. The van der Waals surface area contributed by atoms with Crippen LogP contribution in [0.5, 0.6) is 5.75 Å². The molecule has 35 heavy (non-hydrogen) atoms. The molecular weight excluding hydrogens is 442 g/mol. The van der Waals surface area contributed by atoms with Gasteiger partial charge in [0.1, 0.15) is 17.9 Å². The second kappa shape index (κ2) is 9.44. The average Bonchev–Trinajstić information content (AvgIpc) is 3.53. The van der Waals surface area contributed by atoms with Gasteiger partial charge in [0.15, 0.2) is 5.82 Å². The van der Waals surface area contributed by atoms with Crippen molar-refractivity contribution in [1.82, 2.24) is 19.8 Å². The maximum absolute atomic E-state index is 5.88. The van der Waals surface area contributed by atoms with Gasteiger partial charge in [0, 0.05) is 68.5 Å². The molecule has 1 spiro atoms. The Kier molecular flexibility index (Phi) is 6.16. The smallest absolute Gasteiger partial charge is 0.157 e. The number of aromatic nitrogens is 2. The first-order valence-corrected chi connectivity index (χ1v) is 13.0. The number of likely N-dealkylation sites (N-methyl/N-ethyl adjacent to an activating group) is 1. The highest BCUT2D eigenvalue weighted by Gasteiger charge is 2.49. The molecule has 1 aliphatic carbocycles. The van der Waals surface area contributed by atoms with Gasteiger partial charge in [0.2, 0.25) is 0 Å². The third kappa shape index (κ3) is 4.90. The minimum atomic E-state index is 0.358. The average molecular weight is 480 g/mol. The predicted molar refractivity (Wildman–Crippen MR) is 138 cm³/mol. The van der Waals surface area contributed by atoms with Crippen molar-refractivity contribution in [2.24, 2.45) is 5.41 Å². The molecule has 0 atom stereocenters. The number of nitrogens with zero attached hydrogens (tertiary/aromatic N) is 6. The zero-order valence-corrected chi connectivity index (χ0v) is 20.9. The second-order valence-electron chi connectivity index (χ2n) is 10.6. The molecule has 4 fully saturated rings. The van der Waals surface area contributed by atoms with Crippen LogP contribution >= 0.6 is 0 Å². The van der Waals surface area contributed by atoms with Gasteiger partial charge in [-0.05, 0) is 44.9 Å². The van der Waals surface area contributed by atoms with Crippen molar-refractivity contribution < 1.29 is 9.57 Å². The van der Waals surface area contributed by atoms with E-state index in [0.29, 0.717) is 11.5 Å². The number of methoxy groups -OCH3 is 1. The van der Waals surface area contributed by atoms with Gasteiger partial charge >= 0.3 is 0 Å². The summed E-state index contributed by atoms with van der Waals surface area (Å²) >= 11 is 0. The molecule has 6 rings (SSSR count). The van der Waals surface area contributed by atoms with Gasteiger partial charge in [-0.2, -0.15) is 0 Å². The minimum absolute atomic E-state index is 0.358. The summed E-state index contributed by atoms with van der Waals surface area (Å²) in [5.41, 5.74) is 2.47. The van der Waals surface area contributed by atoms with Crippen LogP contribution in [0.3, 0.4) is 0 Å². The summed E-state index contributed by atoms with van der Waals surface area (Å²) in [4.78, 5) is 22.3. The fraction of sp³-hybridized carbons (Fsp3) is 0.615. The Labute approximate surface area is 208 Å². The fourth-order valence-corrected chi connectivity index (χ4v) is 5.58. The monoisotopic (exact) mass is 479 g/mol. The highest BCUT2D eigenvalue weighted by atomic mass is 16.7. The molecule has 4 aliphatic rings. The van der Waals surface area contributed by atoms with Gasteiger partial charge in [0.05, 0.1) is 25.9 Å². The first kappa shape index (κ1) is 22.8. The van der Waals surface area contributed by atoms with E-state index in [2.05, 4.69) is 55.2 Å². The Morgan fingerprint density at radius 3 is 2.54 bits per heavy atom. The van der Waals surface area contributed by atoms with Crippen molar-refractivity contribution in [3.05, 3.63) is 30.6 Å². The van der Waals surface area contributed by atoms with E-state index in [0.717, 1.165) is 49.3 Å². The maximum Gasteiger partial charge on any atom is 0.157 e. The zero-order valence-electron chi connectivity index (χ0n) is 20.9. The van der Waals surface area contributed by atoms with Gasteiger partial charge in [-0.1, -0.05) is 0 Å². The Morgan fingerprint density at radius 2 is 1.83 bits per heavy atom. The second-order valence-corrected chi connectivity index (χ2v) is 10.6. The van der Waals surface area contributed by atoms with Crippen LogP contribution in [0.25, 0.3) is 0 Å². The Morgan fingerprint density at radius 1 is 1.03 bits per heavy atom. The molecule has 0 amide bonds. The van der Waals surface area contributed by atoms with Gasteiger partial charge in [-0.3, -0.25) is 9.74 Å². The van der Waals surface area contributed by atoms with Crippen LogP contribution in [0.1, 0.15) is 25.7 Å². The van der Waals surface area contributed by atoms with Crippen molar-refractivity contribution >= 4 is 23.0 Å². The number of nitrogens with one attached hydrogen (secondary N) is 1. The summed E-state index contributed by atoms with van der Waals surface area (Å²) < 4.78 is 5.76. The molecule has 1 aromatic heterocycles. The molecule has 1 saturated carbocycles. The lowest BCUT2D eigenvalue weighted by atomic mass is 10.0. The van der Waals surface area contributed by atoms with Crippen molar-refractivity contribution in [3.63, 3.8) is 0 Å². The number of piperazine rings is 1. The molecule has 0 bridgehead atoms. The molecule has 9 heteroatoms. The quantitative estimate of drug-likeness (QED) is 0.673. The van der Waals surface area contributed by atoms with Crippen LogP contribution in [0.2, 0.25) is 0 Å². The third-order valence-corrected chi connectivity index (χ3v) is 8.20. The lowest BCUT2D eigenvalue weighted by Gasteiger charge is -2.42. The van der Waals surface area contributed by atoms with Crippen LogP contribution in [-0.2, 0) is 4.84 Å². The van der Waals surface area contributed by atoms with Crippen LogP contribution in [0, 0.1) is 5.41 Å². The number of hydrogen-bond donors (Lipinski definition) is 1. The molecule has 9 nitrogen and oxygen atoms in total. The molecule has 0 radical (unpaired) electrons. The van der Waals surface area contributed by atoms with E-state index in [4.69, 9.17) is 9.57 Å². The van der Waals surface area contributed by atoms with Gasteiger partial charge in [-0.25, -0.2) is 15.0 Å². The summed E-state index contributed by atoms with van der Waals surface area (Å²) in [5, 5.41) is 5.33. The number of hydroxylamine groups is 1. The highest BCUT2D eigenvalue weighted by Crippen LogP contribution is 2.50. The third-order valence-electron chi connectivity index (χ3n) is 8.20. The van der Waals surface area contributed by atoms with Gasteiger partial charge < -0.3 is 19.9 Å². The van der Waals surface area contributed by atoms with E-state index in [1.165, 1.54) is 57.5 Å². The minimum Gasteiger partial charge on any atom is -0.494 e. The van der Waals surface area contributed by atoms with E-state index < -0.39 is 0 Å². The van der Waals surface area contributed by atoms with E-state index in [-0.39, 0.29) is 0 Å². The molecule has 0 unspecified atom stereocenters. The SMILES string of the molecule is COc1cc(N2CCC(N3CCN(C)CC3)CC2)ccc1Nc1cc(N2CC3(CC3)CO2)ncn1. The van der Waals surface area contributed by atoms with Gasteiger partial charge in [-0.15, -0.1) is 0 Å². The molecule has 188 valence electrons. The number of ether oxygens (including phenoxy) is 1. The van der Waals surface area contributed by atoms with E-state index in [9.17, 15) is 0 Å². The lowest BCUT2D eigenvalue weighted by Crippen LogP contribution is -2.52. The fourth-order valence-electron chi connectivity index (χ4n) is 5.58. The summed E-state index contributed by atoms with van der Waals surface area (Å²) in [7, 11) is 3.95. The maximum atomic E-state index is 5.88. The number of benzene rings is 1. The zero-order chi connectivity index (χ0) is 23.8. The van der Waals surface area contributed by atoms with E-state index in [1.54, 1.807) is 13.4 Å². The number of anilines is 4. The first-order chi connectivity index (χ1) is 17.1. The molecule has 2 aromatic rings. The van der Waals surface area contributed by atoms with Crippen molar-refractivity contribution in [2.75, 3.05) is 81.9 Å². The first-order valence-electron chi connectivity index (χ1n) is 13.0. The van der Waals surface area contributed by atoms with Crippen molar-refractivity contribution in [3.8, 4) is 5.75 Å². The molecular formula is C26H37N7O2. The highest BCUT2D eigenvalue weighted by molar-refractivity contribution is 5.70. The Balaban J connectivity index is 1.09. The van der Waals surface area contributed by atoms with Crippen LogP contribution in [0.15, 0.2) is 30.6 Å². The largest absolute Gasteiger partial charge is 0.494 e. The Bertz CT molecular complexity index is 1030. The topological polar surface area (TPSA) is 69.2 Å². The molecule has 3 saturated heterocycles. The molecule has 1 aromatic carbocycles. The van der Waals surface area contributed by atoms with E-state index in [1.807, 2.05) is 11.1 Å². The van der Waals surface area contributed by atoms with Gasteiger partial charge in [0.25, 0.3) is 0 Å². The van der Waals surface area contributed by atoms with E-state index >= 15 is 0 Å². The number of rotatable bonds is 6.